The second kappa shape index (κ2) is 6.54. The number of hydrogen-bond acceptors (Lipinski definition) is 5. The van der Waals surface area contributed by atoms with Gasteiger partial charge in [-0.3, -0.25) is 0 Å². The predicted octanol–water partition coefficient (Wildman–Crippen LogP) is 1.78. The molecule has 0 saturated heterocycles. The molecule has 0 bridgehead atoms. The average molecular weight is 288 g/mol. The SMILES string of the molecule is CC(C)C1CCC(C)(C(O)C(O)C(=O)OC(=O)O)CC1. The molecule has 116 valence electrons. The van der Waals surface area contributed by atoms with Crippen LogP contribution in [0, 0.1) is 17.3 Å². The maximum absolute atomic E-state index is 11.3. The van der Waals surface area contributed by atoms with Crippen molar-refractivity contribution in [2.45, 2.75) is 58.7 Å². The van der Waals surface area contributed by atoms with Crippen molar-refractivity contribution in [1.29, 1.82) is 0 Å². The van der Waals surface area contributed by atoms with Crippen LogP contribution in [0.2, 0.25) is 0 Å². The smallest absolute Gasteiger partial charge is 0.449 e. The number of hydrogen-bond donors (Lipinski definition) is 3. The van der Waals surface area contributed by atoms with Crippen LogP contribution in [0.4, 0.5) is 4.79 Å². The lowest BCUT2D eigenvalue weighted by Crippen LogP contribution is -2.48. The van der Waals surface area contributed by atoms with Crippen LogP contribution in [0.25, 0.3) is 0 Å². The topological polar surface area (TPSA) is 104 Å². The number of aliphatic hydroxyl groups excluding tert-OH is 2. The molecule has 0 spiro atoms. The maximum Gasteiger partial charge on any atom is 0.513 e. The van der Waals surface area contributed by atoms with Crippen molar-refractivity contribution in [1.82, 2.24) is 0 Å². The third kappa shape index (κ3) is 3.93. The van der Waals surface area contributed by atoms with Gasteiger partial charge in [0.2, 0.25) is 0 Å². The van der Waals surface area contributed by atoms with E-state index in [0.29, 0.717) is 24.7 Å². The standard InChI is InChI=1S/C14H24O6/c1-8(2)9-4-6-14(3,7-5-9)11(16)10(15)12(17)20-13(18)19/h8-11,15-16H,4-7H2,1-3H3,(H,18,19). The van der Waals surface area contributed by atoms with Crippen LogP contribution in [0.1, 0.15) is 46.5 Å². The first-order valence-corrected chi connectivity index (χ1v) is 6.98. The molecule has 2 unspecified atom stereocenters. The molecule has 6 heteroatoms. The van der Waals surface area contributed by atoms with E-state index in [0.717, 1.165) is 12.8 Å². The molecule has 1 fully saturated rings. The molecule has 0 aliphatic heterocycles. The third-order valence-electron chi connectivity index (χ3n) is 4.56. The molecule has 6 nitrogen and oxygen atoms in total. The van der Waals surface area contributed by atoms with Gasteiger partial charge in [0.15, 0.2) is 6.10 Å². The first-order chi connectivity index (χ1) is 9.17. The minimum absolute atomic E-state index is 0.568. The number of aliphatic hydroxyl groups is 2. The molecule has 1 aliphatic carbocycles. The molecular formula is C14H24O6. The summed E-state index contributed by atoms with van der Waals surface area (Å²) in [6.45, 7) is 6.12. The summed E-state index contributed by atoms with van der Waals surface area (Å²) in [5.41, 5.74) is -0.595. The Morgan fingerprint density at radius 1 is 1.20 bits per heavy atom. The molecule has 3 N–H and O–H groups in total. The first-order valence-electron chi connectivity index (χ1n) is 6.98. The Morgan fingerprint density at radius 2 is 1.70 bits per heavy atom. The number of carboxylic acid groups (broad SMARTS) is 1. The number of ether oxygens (including phenoxy) is 1. The highest BCUT2D eigenvalue weighted by atomic mass is 16.7. The Labute approximate surface area is 118 Å². The zero-order chi connectivity index (χ0) is 15.5. The number of rotatable bonds is 4. The fraction of sp³-hybridized carbons (Fsp3) is 0.857. The minimum Gasteiger partial charge on any atom is -0.449 e. The van der Waals surface area contributed by atoms with Crippen LogP contribution in [0.5, 0.6) is 0 Å². The van der Waals surface area contributed by atoms with Crippen LogP contribution in [0.15, 0.2) is 0 Å². The largest absolute Gasteiger partial charge is 0.513 e. The molecule has 0 aromatic rings. The zero-order valence-corrected chi connectivity index (χ0v) is 12.2. The maximum atomic E-state index is 11.3. The van der Waals surface area contributed by atoms with Gasteiger partial charge in [-0.25, -0.2) is 9.59 Å². The molecule has 0 aromatic heterocycles. The summed E-state index contributed by atoms with van der Waals surface area (Å²) in [5, 5.41) is 28.3. The Morgan fingerprint density at radius 3 is 2.10 bits per heavy atom. The Balaban J connectivity index is 2.64. The normalized spacial score (nSPS) is 29.8. The second-order valence-corrected chi connectivity index (χ2v) is 6.31. The summed E-state index contributed by atoms with van der Waals surface area (Å²) in [6, 6.07) is 0. The van der Waals surface area contributed by atoms with Crippen molar-refractivity contribution in [2.24, 2.45) is 17.3 Å². The van der Waals surface area contributed by atoms with Gasteiger partial charge in [-0.1, -0.05) is 20.8 Å². The van der Waals surface area contributed by atoms with Crippen LogP contribution < -0.4 is 0 Å². The van der Waals surface area contributed by atoms with Gasteiger partial charge < -0.3 is 20.1 Å². The van der Waals surface area contributed by atoms with E-state index in [2.05, 4.69) is 18.6 Å². The Kier molecular flexibility index (Phi) is 5.53. The van der Waals surface area contributed by atoms with E-state index in [1.807, 2.05) is 6.92 Å². The summed E-state index contributed by atoms with van der Waals surface area (Å²) >= 11 is 0. The quantitative estimate of drug-likeness (QED) is 0.538. The van der Waals surface area contributed by atoms with Gasteiger partial charge in [-0.15, -0.1) is 0 Å². The van der Waals surface area contributed by atoms with Crippen LogP contribution >= 0.6 is 0 Å². The van der Waals surface area contributed by atoms with Crippen LogP contribution in [0.3, 0.4) is 0 Å². The van der Waals surface area contributed by atoms with Crippen molar-refractivity contribution < 1.29 is 29.6 Å². The van der Waals surface area contributed by atoms with E-state index in [9.17, 15) is 19.8 Å². The molecule has 0 amide bonds. The first kappa shape index (κ1) is 16.9. The zero-order valence-electron chi connectivity index (χ0n) is 12.2. The fourth-order valence-electron chi connectivity index (χ4n) is 2.92. The van der Waals surface area contributed by atoms with Crippen molar-refractivity contribution in [3.05, 3.63) is 0 Å². The summed E-state index contributed by atoms with van der Waals surface area (Å²) in [4.78, 5) is 21.6. The van der Waals surface area contributed by atoms with Gasteiger partial charge in [0.05, 0.1) is 6.10 Å². The van der Waals surface area contributed by atoms with Gasteiger partial charge in [-0.05, 0) is 42.9 Å². The Bertz CT molecular complexity index is 357. The minimum atomic E-state index is -1.83. The highest BCUT2D eigenvalue weighted by molar-refractivity contribution is 5.84. The van der Waals surface area contributed by atoms with E-state index in [1.54, 1.807) is 0 Å². The summed E-state index contributed by atoms with van der Waals surface area (Å²) in [6.07, 6.45) is -1.70. The fourth-order valence-corrected chi connectivity index (χ4v) is 2.92. The number of carbonyl (C=O) groups is 2. The molecular weight excluding hydrogens is 264 g/mol. The van der Waals surface area contributed by atoms with E-state index in [-0.39, 0.29) is 0 Å². The Hall–Kier alpha value is -1.14. The monoisotopic (exact) mass is 288 g/mol. The van der Waals surface area contributed by atoms with Gasteiger partial charge in [0.25, 0.3) is 0 Å². The lowest BCUT2D eigenvalue weighted by atomic mass is 9.65. The van der Waals surface area contributed by atoms with Crippen molar-refractivity contribution in [3.63, 3.8) is 0 Å². The van der Waals surface area contributed by atoms with Gasteiger partial charge in [0.1, 0.15) is 0 Å². The highest BCUT2D eigenvalue weighted by Gasteiger charge is 2.44. The number of esters is 1. The molecule has 0 heterocycles. The van der Waals surface area contributed by atoms with Gasteiger partial charge in [-0.2, -0.15) is 0 Å². The summed E-state index contributed by atoms with van der Waals surface area (Å²) in [5.74, 6) is -0.172. The molecule has 20 heavy (non-hydrogen) atoms. The average Bonchev–Trinajstić information content (AvgIpc) is 2.36. The lowest BCUT2D eigenvalue weighted by molar-refractivity contribution is -0.162. The molecule has 1 rings (SSSR count). The van der Waals surface area contributed by atoms with Crippen molar-refractivity contribution in [3.8, 4) is 0 Å². The van der Waals surface area contributed by atoms with Gasteiger partial charge >= 0.3 is 12.1 Å². The molecule has 2 atom stereocenters. The van der Waals surface area contributed by atoms with E-state index >= 15 is 0 Å². The van der Waals surface area contributed by atoms with E-state index < -0.39 is 29.7 Å². The predicted molar refractivity (Wildman–Crippen MR) is 71.0 cm³/mol. The van der Waals surface area contributed by atoms with E-state index in [4.69, 9.17) is 5.11 Å². The van der Waals surface area contributed by atoms with Crippen LogP contribution in [-0.4, -0.2) is 39.7 Å². The molecule has 1 aliphatic rings. The number of carbonyl (C=O) groups excluding carboxylic acids is 1. The van der Waals surface area contributed by atoms with Crippen LogP contribution in [-0.2, 0) is 9.53 Å². The highest BCUT2D eigenvalue weighted by Crippen LogP contribution is 2.44. The summed E-state index contributed by atoms with van der Waals surface area (Å²) < 4.78 is 3.90. The molecule has 1 saturated carbocycles. The molecule has 0 aromatic carbocycles. The van der Waals surface area contributed by atoms with E-state index in [1.165, 1.54) is 0 Å². The van der Waals surface area contributed by atoms with Crippen molar-refractivity contribution >= 4 is 12.1 Å². The third-order valence-corrected chi connectivity index (χ3v) is 4.56. The van der Waals surface area contributed by atoms with Crippen molar-refractivity contribution in [2.75, 3.05) is 0 Å². The second-order valence-electron chi connectivity index (χ2n) is 6.31. The molecule has 0 radical (unpaired) electrons. The summed E-state index contributed by atoms with van der Waals surface area (Å²) in [7, 11) is 0. The van der Waals surface area contributed by atoms with Gasteiger partial charge in [0, 0.05) is 0 Å². The lowest BCUT2D eigenvalue weighted by Gasteiger charge is -2.42.